The fraction of sp³-hybridized carbons (Fsp3) is 0.571. The number of carboxylic acid groups (broad SMARTS) is 1. The SMILES string of the molecule is Cc1nn(C)c(=O)c(C(=O)NC(CC(=O)O)C2CC2)c1C. The van der Waals surface area contributed by atoms with Crippen LogP contribution in [-0.4, -0.2) is 32.8 Å². The van der Waals surface area contributed by atoms with E-state index in [4.69, 9.17) is 5.11 Å². The number of amides is 1. The van der Waals surface area contributed by atoms with Crippen molar-refractivity contribution in [1.82, 2.24) is 15.1 Å². The lowest BCUT2D eigenvalue weighted by Crippen LogP contribution is -2.42. The first-order chi connectivity index (χ1) is 9.81. The van der Waals surface area contributed by atoms with E-state index in [1.165, 1.54) is 7.05 Å². The third kappa shape index (κ3) is 3.29. The fourth-order valence-corrected chi connectivity index (χ4v) is 2.38. The summed E-state index contributed by atoms with van der Waals surface area (Å²) in [7, 11) is 1.49. The van der Waals surface area contributed by atoms with Crippen LogP contribution in [0.25, 0.3) is 0 Å². The topological polar surface area (TPSA) is 101 Å². The van der Waals surface area contributed by atoms with Crippen molar-refractivity contribution in [2.75, 3.05) is 0 Å². The Morgan fingerprint density at radius 1 is 1.43 bits per heavy atom. The highest BCUT2D eigenvalue weighted by molar-refractivity contribution is 5.95. The summed E-state index contributed by atoms with van der Waals surface area (Å²) in [6.07, 6.45) is 1.69. The molecule has 2 N–H and O–H groups in total. The van der Waals surface area contributed by atoms with Gasteiger partial charge in [-0.1, -0.05) is 0 Å². The number of aryl methyl sites for hydroxylation is 2. The number of nitrogens with one attached hydrogen (secondary N) is 1. The first kappa shape index (κ1) is 15.2. The van der Waals surface area contributed by atoms with Crippen LogP contribution in [-0.2, 0) is 11.8 Å². The van der Waals surface area contributed by atoms with Crippen molar-refractivity contribution in [3.63, 3.8) is 0 Å². The molecule has 1 aromatic heterocycles. The van der Waals surface area contributed by atoms with Gasteiger partial charge in [-0.25, -0.2) is 4.68 Å². The minimum Gasteiger partial charge on any atom is -0.481 e. The molecule has 0 aliphatic heterocycles. The van der Waals surface area contributed by atoms with Crippen molar-refractivity contribution in [1.29, 1.82) is 0 Å². The summed E-state index contributed by atoms with van der Waals surface area (Å²) >= 11 is 0. The Bertz CT molecular complexity index is 646. The molecule has 1 aliphatic carbocycles. The maximum Gasteiger partial charge on any atom is 0.305 e. The summed E-state index contributed by atoms with van der Waals surface area (Å²) in [5, 5.41) is 15.6. The molecule has 21 heavy (non-hydrogen) atoms. The average Bonchev–Trinajstić information content (AvgIpc) is 3.19. The zero-order chi connectivity index (χ0) is 15.7. The van der Waals surface area contributed by atoms with Gasteiger partial charge in [0.15, 0.2) is 0 Å². The lowest BCUT2D eigenvalue weighted by molar-refractivity contribution is -0.137. The third-order valence-electron chi connectivity index (χ3n) is 3.85. The molecule has 1 heterocycles. The zero-order valence-electron chi connectivity index (χ0n) is 12.3. The number of hydrogen-bond donors (Lipinski definition) is 2. The second-order valence-electron chi connectivity index (χ2n) is 5.53. The van der Waals surface area contributed by atoms with Gasteiger partial charge in [-0.2, -0.15) is 5.10 Å². The smallest absolute Gasteiger partial charge is 0.305 e. The number of carbonyl (C=O) groups excluding carboxylic acids is 1. The Labute approximate surface area is 122 Å². The molecule has 1 atom stereocenters. The molecule has 7 nitrogen and oxygen atoms in total. The largest absolute Gasteiger partial charge is 0.481 e. The molecular weight excluding hydrogens is 274 g/mol. The number of nitrogens with zero attached hydrogens (tertiary/aromatic N) is 2. The Morgan fingerprint density at radius 2 is 2.05 bits per heavy atom. The van der Waals surface area contributed by atoms with Gasteiger partial charge in [0.05, 0.1) is 12.1 Å². The van der Waals surface area contributed by atoms with E-state index in [0.29, 0.717) is 11.3 Å². The van der Waals surface area contributed by atoms with E-state index in [9.17, 15) is 14.4 Å². The van der Waals surface area contributed by atoms with Gasteiger partial charge < -0.3 is 10.4 Å². The van der Waals surface area contributed by atoms with Crippen LogP contribution in [0.5, 0.6) is 0 Å². The molecule has 2 rings (SSSR count). The lowest BCUT2D eigenvalue weighted by atomic mass is 10.1. The molecular formula is C14H19N3O4. The number of hydrogen-bond acceptors (Lipinski definition) is 4. The van der Waals surface area contributed by atoms with Crippen LogP contribution >= 0.6 is 0 Å². The van der Waals surface area contributed by atoms with Gasteiger partial charge >= 0.3 is 5.97 Å². The van der Waals surface area contributed by atoms with Gasteiger partial charge in [-0.05, 0) is 38.2 Å². The highest BCUT2D eigenvalue weighted by Gasteiger charge is 2.34. The standard InChI is InChI=1S/C14H19N3O4/c1-7-8(2)16-17(3)14(21)12(7)13(20)15-10(6-11(18)19)9-4-5-9/h9-10H,4-6H2,1-3H3,(H,15,20)(H,18,19). The molecule has 1 amide bonds. The minimum absolute atomic E-state index is 0.0426. The van der Waals surface area contributed by atoms with Crippen LogP contribution in [0, 0.1) is 19.8 Å². The summed E-state index contributed by atoms with van der Waals surface area (Å²) in [5.74, 6) is -1.28. The molecule has 1 fully saturated rings. The summed E-state index contributed by atoms with van der Waals surface area (Å²) in [6.45, 7) is 3.39. The summed E-state index contributed by atoms with van der Waals surface area (Å²) in [4.78, 5) is 35.3. The predicted molar refractivity (Wildman–Crippen MR) is 75.2 cm³/mol. The Balaban J connectivity index is 2.27. The molecule has 1 aliphatic rings. The van der Waals surface area contributed by atoms with Crippen LogP contribution in [0.15, 0.2) is 4.79 Å². The Hall–Kier alpha value is -2.18. The molecule has 7 heteroatoms. The van der Waals surface area contributed by atoms with Crippen molar-refractivity contribution in [2.45, 2.75) is 39.2 Å². The summed E-state index contributed by atoms with van der Waals surface area (Å²) in [6, 6.07) is -0.424. The molecule has 114 valence electrons. The normalized spacial score (nSPS) is 15.6. The molecule has 0 aromatic carbocycles. The summed E-state index contributed by atoms with van der Waals surface area (Å²) in [5.41, 5.74) is 0.699. The van der Waals surface area contributed by atoms with Gasteiger partial charge in [0.2, 0.25) is 0 Å². The van der Waals surface area contributed by atoms with E-state index < -0.39 is 23.5 Å². The van der Waals surface area contributed by atoms with Crippen LogP contribution < -0.4 is 10.9 Å². The van der Waals surface area contributed by atoms with Crippen molar-refractivity contribution in [3.8, 4) is 0 Å². The maximum absolute atomic E-state index is 12.4. The number of carboxylic acids is 1. The second-order valence-corrected chi connectivity index (χ2v) is 5.53. The fourth-order valence-electron chi connectivity index (χ4n) is 2.38. The van der Waals surface area contributed by atoms with E-state index in [-0.39, 0.29) is 17.9 Å². The molecule has 0 radical (unpaired) electrons. The Kier molecular flexibility index (Phi) is 4.11. The van der Waals surface area contributed by atoms with E-state index in [0.717, 1.165) is 17.5 Å². The van der Waals surface area contributed by atoms with Crippen LogP contribution in [0.2, 0.25) is 0 Å². The highest BCUT2D eigenvalue weighted by Crippen LogP contribution is 2.34. The quantitative estimate of drug-likeness (QED) is 0.817. The maximum atomic E-state index is 12.4. The van der Waals surface area contributed by atoms with Crippen molar-refractivity contribution in [3.05, 3.63) is 27.2 Å². The van der Waals surface area contributed by atoms with Gasteiger partial charge in [0, 0.05) is 13.1 Å². The number of rotatable bonds is 5. The minimum atomic E-state index is -0.956. The van der Waals surface area contributed by atoms with E-state index in [2.05, 4.69) is 10.4 Å². The van der Waals surface area contributed by atoms with E-state index in [1.807, 2.05) is 0 Å². The van der Waals surface area contributed by atoms with Gasteiger partial charge in [-0.15, -0.1) is 0 Å². The predicted octanol–water partition coefficient (Wildman–Crippen LogP) is 0.380. The van der Waals surface area contributed by atoms with E-state index in [1.54, 1.807) is 13.8 Å². The number of aliphatic carboxylic acids is 1. The first-order valence-electron chi connectivity index (χ1n) is 6.88. The average molecular weight is 293 g/mol. The molecule has 0 bridgehead atoms. The first-order valence-corrected chi connectivity index (χ1v) is 6.88. The molecule has 1 saturated carbocycles. The summed E-state index contributed by atoms with van der Waals surface area (Å²) < 4.78 is 1.13. The number of carbonyl (C=O) groups is 2. The molecule has 0 saturated heterocycles. The van der Waals surface area contributed by atoms with Crippen molar-refractivity contribution >= 4 is 11.9 Å². The second kappa shape index (κ2) is 5.67. The molecule has 1 unspecified atom stereocenters. The van der Waals surface area contributed by atoms with Crippen molar-refractivity contribution < 1.29 is 14.7 Å². The van der Waals surface area contributed by atoms with Crippen LogP contribution in [0.4, 0.5) is 0 Å². The molecule has 1 aromatic rings. The van der Waals surface area contributed by atoms with Crippen LogP contribution in [0.3, 0.4) is 0 Å². The Morgan fingerprint density at radius 3 is 2.57 bits per heavy atom. The van der Waals surface area contributed by atoms with Gasteiger partial charge in [-0.3, -0.25) is 14.4 Å². The number of aromatic nitrogens is 2. The third-order valence-corrected chi connectivity index (χ3v) is 3.85. The monoisotopic (exact) mass is 293 g/mol. The lowest BCUT2D eigenvalue weighted by Gasteiger charge is -2.17. The molecule has 0 spiro atoms. The van der Waals surface area contributed by atoms with Gasteiger partial charge in [0.25, 0.3) is 11.5 Å². The zero-order valence-corrected chi connectivity index (χ0v) is 12.3. The van der Waals surface area contributed by atoms with Crippen molar-refractivity contribution in [2.24, 2.45) is 13.0 Å². The van der Waals surface area contributed by atoms with Gasteiger partial charge in [0.1, 0.15) is 5.56 Å². The highest BCUT2D eigenvalue weighted by atomic mass is 16.4. The van der Waals surface area contributed by atoms with Crippen LogP contribution in [0.1, 0.15) is 40.9 Å². The van der Waals surface area contributed by atoms with E-state index >= 15 is 0 Å².